The van der Waals surface area contributed by atoms with Gasteiger partial charge in [-0.3, -0.25) is 4.79 Å². The number of aromatic nitrogens is 2. The first-order valence-corrected chi connectivity index (χ1v) is 10.5. The molecule has 8 heteroatoms. The smallest absolute Gasteiger partial charge is 0.257 e. The monoisotopic (exact) mass is 492 g/mol. The molecule has 0 radical (unpaired) electrons. The lowest BCUT2D eigenvalue weighted by atomic mass is 9.98. The molecule has 1 aliphatic heterocycles. The molecule has 30 heavy (non-hydrogen) atoms. The van der Waals surface area contributed by atoms with E-state index in [2.05, 4.69) is 38.1 Å². The molecular weight excluding hydrogens is 471 g/mol. The average Bonchev–Trinajstić information content (AvgIpc) is 2.70. The molecule has 0 bridgehead atoms. The summed E-state index contributed by atoms with van der Waals surface area (Å²) in [5, 5.41) is 3.82. The number of fused-ring (bicyclic) bond motifs is 1. The minimum Gasteiger partial charge on any atom is -0.352 e. The zero-order chi connectivity index (χ0) is 20.5. The van der Waals surface area contributed by atoms with E-state index in [1.54, 1.807) is 18.3 Å². The number of amides is 1. The maximum Gasteiger partial charge on any atom is 0.257 e. The average molecular weight is 494 g/mol. The van der Waals surface area contributed by atoms with E-state index < -0.39 is 5.82 Å². The maximum atomic E-state index is 14.5. The van der Waals surface area contributed by atoms with Gasteiger partial charge in [-0.25, -0.2) is 14.4 Å². The molecule has 1 aliphatic rings. The summed E-state index contributed by atoms with van der Waals surface area (Å²) in [6.45, 7) is 5.53. The summed E-state index contributed by atoms with van der Waals surface area (Å²) >= 11 is 3.28. The van der Waals surface area contributed by atoms with Crippen LogP contribution in [0.4, 0.5) is 15.8 Å². The van der Waals surface area contributed by atoms with Crippen LogP contribution in [0, 0.1) is 18.7 Å². The van der Waals surface area contributed by atoms with Gasteiger partial charge in [-0.15, -0.1) is 12.4 Å². The minimum absolute atomic E-state index is 0. The molecule has 3 heterocycles. The highest BCUT2D eigenvalue weighted by atomic mass is 79.9. The Morgan fingerprint density at radius 3 is 2.67 bits per heavy atom. The fraction of sp³-hybridized carbons (Fsp3) is 0.318. The van der Waals surface area contributed by atoms with Gasteiger partial charge >= 0.3 is 0 Å². The number of hydrogen-bond acceptors (Lipinski definition) is 4. The first-order valence-electron chi connectivity index (χ1n) is 9.70. The standard InChI is InChI=1S/C22H22BrFN4O.ClH/c1-13-7-9-28(10-8-13)22(29)17-12-25-21-16(5-3-14(2)26-21)20(17)27-19-6-4-15(23)11-18(19)24;/h3-6,11-13H,7-10H2,1-2H3,(H,25,26,27);1H. The molecular formula is C22H23BrClFN4O. The largest absolute Gasteiger partial charge is 0.352 e. The van der Waals surface area contributed by atoms with Crippen LogP contribution in [0.5, 0.6) is 0 Å². The molecule has 3 aromatic rings. The van der Waals surface area contributed by atoms with Crippen LogP contribution in [-0.2, 0) is 0 Å². The van der Waals surface area contributed by atoms with Crippen molar-refractivity contribution in [1.82, 2.24) is 14.9 Å². The summed E-state index contributed by atoms with van der Waals surface area (Å²) in [7, 11) is 0. The topological polar surface area (TPSA) is 58.1 Å². The lowest BCUT2D eigenvalue weighted by molar-refractivity contribution is 0.0698. The first kappa shape index (κ1) is 22.4. The molecule has 5 nitrogen and oxygen atoms in total. The van der Waals surface area contributed by atoms with Crippen LogP contribution in [0.2, 0.25) is 0 Å². The zero-order valence-corrected chi connectivity index (χ0v) is 19.2. The number of rotatable bonds is 3. The minimum atomic E-state index is -0.408. The Kier molecular flexibility index (Phi) is 6.93. The molecule has 0 unspecified atom stereocenters. The summed E-state index contributed by atoms with van der Waals surface area (Å²) in [5.74, 6) is 0.122. The Balaban J connectivity index is 0.00000256. The van der Waals surface area contributed by atoms with Crippen molar-refractivity contribution >= 4 is 56.7 Å². The number of carbonyl (C=O) groups is 1. The van der Waals surface area contributed by atoms with Crippen molar-refractivity contribution < 1.29 is 9.18 Å². The van der Waals surface area contributed by atoms with Gasteiger partial charge < -0.3 is 10.2 Å². The van der Waals surface area contributed by atoms with Crippen LogP contribution in [-0.4, -0.2) is 33.9 Å². The van der Waals surface area contributed by atoms with Gasteiger partial charge in [0.2, 0.25) is 0 Å². The molecule has 158 valence electrons. The highest BCUT2D eigenvalue weighted by Gasteiger charge is 2.25. The number of piperidine rings is 1. The van der Waals surface area contributed by atoms with Crippen LogP contribution < -0.4 is 5.32 Å². The molecule has 1 saturated heterocycles. The third kappa shape index (κ3) is 4.57. The number of aryl methyl sites for hydroxylation is 1. The van der Waals surface area contributed by atoms with E-state index >= 15 is 0 Å². The summed E-state index contributed by atoms with van der Waals surface area (Å²) in [5.41, 5.74) is 2.61. The maximum absolute atomic E-state index is 14.5. The molecule has 0 spiro atoms. The Morgan fingerprint density at radius 2 is 1.97 bits per heavy atom. The third-order valence-electron chi connectivity index (χ3n) is 5.36. The van der Waals surface area contributed by atoms with Gasteiger partial charge in [0.15, 0.2) is 5.65 Å². The molecule has 0 saturated carbocycles. The van der Waals surface area contributed by atoms with E-state index in [1.165, 1.54) is 6.07 Å². The first-order chi connectivity index (χ1) is 13.9. The predicted molar refractivity (Wildman–Crippen MR) is 123 cm³/mol. The number of nitrogens with one attached hydrogen (secondary N) is 1. The third-order valence-corrected chi connectivity index (χ3v) is 5.85. The second-order valence-corrected chi connectivity index (χ2v) is 8.51. The Labute approximate surface area is 189 Å². The van der Waals surface area contributed by atoms with Crippen LogP contribution in [0.15, 0.2) is 41.0 Å². The second kappa shape index (κ2) is 9.27. The van der Waals surface area contributed by atoms with E-state index in [-0.39, 0.29) is 18.3 Å². The SMILES string of the molecule is Cc1ccc2c(Nc3ccc(Br)cc3F)c(C(=O)N3CCC(C)CC3)cnc2n1.Cl. The fourth-order valence-corrected chi connectivity index (χ4v) is 3.91. The molecule has 2 aromatic heterocycles. The molecule has 1 aromatic carbocycles. The van der Waals surface area contributed by atoms with Crippen molar-refractivity contribution in [1.29, 1.82) is 0 Å². The van der Waals surface area contributed by atoms with Crippen LogP contribution in [0.3, 0.4) is 0 Å². The Morgan fingerprint density at radius 1 is 1.23 bits per heavy atom. The van der Waals surface area contributed by atoms with Crippen molar-refractivity contribution in [3.8, 4) is 0 Å². The number of benzene rings is 1. The number of halogens is 3. The van der Waals surface area contributed by atoms with Gasteiger partial charge in [0, 0.05) is 34.8 Å². The number of hydrogen-bond donors (Lipinski definition) is 1. The molecule has 0 atom stereocenters. The Bertz CT molecular complexity index is 1090. The summed E-state index contributed by atoms with van der Waals surface area (Å²) in [4.78, 5) is 24.0. The van der Waals surface area contributed by atoms with Crippen molar-refractivity contribution in [2.45, 2.75) is 26.7 Å². The zero-order valence-electron chi connectivity index (χ0n) is 16.8. The summed E-state index contributed by atoms with van der Waals surface area (Å²) in [6, 6.07) is 8.53. The molecule has 1 N–H and O–H groups in total. The van der Waals surface area contributed by atoms with Crippen molar-refractivity contribution in [3.63, 3.8) is 0 Å². The van der Waals surface area contributed by atoms with E-state index in [0.717, 1.165) is 31.6 Å². The lowest BCUT2D eigenvalue weighted by Crippen LogP contribution is -2.38. The van der Waals surface area contributed by atoms with Crippen molar-refractivity contribution in [3.05, 3.63) is 58.1 Å². The fourth-order valence-electron chi connectivity index (χ4n) is 3.58. The number of nitrogens with zero attached hydrogens (tertiary/aromatic N) is 3. The van der Waals surface area contributed by atoms with Crippen molar-refractivity contribution in [2.75, 3.05) is 18.4 Å². The van der Waals surface area contributed by atoms with E-state index in [0.29, 0.717) is 38.4 Å². The molecule has 0 aliphatic carbocycles. The lowest BCUT2D eigenvalue weighted by Gasteiger charge is -2.31. The van der Waals surface area contributed by atoms with Crippen LogP contribution in [0.25, 0.3) is 11.0 Å². The number of anilines is 2. The summed E-state index contributed by atoms with van der Waals surface area (Å²) in [6.07, 6.45) is 3.52. The van der Waals surface area contributed by atoms with Gasteiger partial charge in [-0.1, -0.05) is 22.9 Å². The number of carbonyl (C=O) groups excluding carboxylic acids is 1. The highest BCUT2D eigenvalue weighted by Crippen LogP contribution is 2.32. The predicted octanol–water partition coefficient (Wildman–Crippen LogP) is 5.88. The van der Waals surface area contributed by atoms with Crippen LogP contribution >= 0.6 is 28.3 Å². The summed E-state index contributed by atoms with van der Waals surface area (Å²) < 4.78 is 15.2. The van der Waals surface area contributed by atoms with Gasteiger partial charge in [0.1, 0.15) is 5.82 Å². The normalized spacial score (nSPS) is 14.5. The number of pyridine rings is 2. The van der Waals surface area contributed by atoms with E-state index in [4.69, 9.17) is 0 Å². The van der Waals surface area contributed by atoms with Crippen molar-refractivity contribution in [2.24, 2.45) is 5.92 Å². The number of likely N-dealkylation sites (tertiary alicyclic amines) is 1. The van der Waals surface area contributed by atoms with E-state index in [1.807, 2.05) is 24.0 Å². The quantitative estimate of drug-likeness (QED) is 0.495. The highest BCUT2D eigenvalue weighted by molar-refractivity contribution is 9.10. The van der Waals surface area contributed by atoms with Gasteiger partial charge in [0.05, 0.1) is 16.9 Å². The van der Waals surface area contributed by atoms with Gasteiger partial charge in [-0.2, -0.15) is 0 Å². The van der Waals surface area contributed by atoms with E-state index in [9.17, 15) is 9.18 Å². The second-order valence-electron chi connectivity index (χ2n) is 7.59. The van der Waals surface area contributed by atoms with Crippen LogP contribution in [0.1, 0.15) is 35.8 Å². The molecule has 1 fully saturated rings. The molecule has 1 amide bonds. The molecule has 4 rings (SSSR count). The Hall–Kier alpha value is -2.25. The van der Waals surface area contributed by atoms with Gasteiger partial charge in [-0.05, 0) is 56.0 Å². The van der Waals surface area contributed by atoms with Gasteiger partial charge in [0.25, 0.3) is 5.91 Å².